The Morgan fingerprint density at radius 1 is 1.47 bits per heavy atom. The van der Waals surface area contributed by atoms with E-state index in [-0.39, 0.29) is 6.29 Å². The predicted octanol–water partition coefficient (Wildman–Crippen LogP) is 0.994. The topological polar surface area (TPSA) is 102 Å². The van der Waals surface area contributed by atoms with Crippen molar-refractivity contribution in [2.75, 3.05) is 0 Å². The molecule has 0 aliphatic rings. The van der Waals surface area contributed by atoms with Gasteiger partial charge in [-0.2, -0.15) is 0 Å². The molecule has 1 N–H and O–H groups in total. The van der Waals surface area contributed by atoms with E-state index in [1.807, 2.05) is 0 Å². The summed E-state index contributed by atoms with van der Waals surface area (Å²) in [7, 11) is 0. The molecular weight excluding hydrogens is 249 g/mol. The Kier molecular flexibility index (Phi) is 3.16. The van der Waals surface area contributed by atoms with Crippen molar-refractivity contribution in [3.05, 3.63) is 32.2 Å². The summed E-state index contributed by atoms with van der Waals surface area (Å²) in [5.41, 5.74) is -3.45. The molecule has 0 bridgehead atoms. The van der Waals surface area contributed by atoms with E-state index in [1.165, 1.54) is 0 Å². The largest absolute Gasteiger partial charge is 0.573 e. The molecule has 1 aromatic rings. The van der Waals surface area contributed by atoms with Gasteiger partial charge in [0.05, 0.1) is 10.6 Å². The molecule has 0 atom stereocenters. The van der Waals surface area contributed by atoms with Crippen molar-refractivity contribution >= 4 is 12.0 Å². The number of alkyl halides is 3. The summed E-state index contributed by atoms with van der Waals surface area (Å²) in [6.45, 7) is 0. The number of aldehydes is 1. The van der Waals surface area contributed by atoms with E-state index < -0.39 is 34.0 Å². The SMILES string of the molecule is O=Cc1cc(OC(F)(F)F)c([N+](=O)[O-])c(=O)[nH]1. The van der Waals surface area contributed by atoms with Gasteiger partial charge in [0.25, 0.3) is 0 Å². The first-order valence-electron chi connectivity index (χ1n) is 3.87. The van der Waals surface area contributed by atoms with Gasteiger partial charge in [0.1, 0.15) is 0 Å². The summed E-state index contributed by atoms with van der Waals surface area (Å²) in [6.07, 6.45) is -5.19. The molecule has 10 heteroatoms. The Bertz CT molecular complexity index is 521. The number of rotatable bonds is 3. The number of carbonyl (C=O) groups excluding carboxylic acids is 1. The van der Waals surface area contributed by atoms with Gasteiger partial charge in [-0.05, 0) is 0 Å². The maximum absolute atomic E-state index is 11.9. The maximum atomic E-state index is 11.9. The fraction of sp³-hybridized carbons (Fsp3) is 0.143. The average molecular weight is 252 g/mol. The summed E-state index contributed by atoms with van der Waals surface area (Å²) < 4.78 is 39.0. The normalized spacial score (nSPS) is 11.0. The summed E-state index contributed by atoms with van der Waals surface area (Å²) >= 11 is 0. The van der Waals surface area contributed by atoms with E-state index >= 15 is 0 Å². The number of nitro groups is 1. The number of aromatic nitrogens is 1. The third-order valence-corrected chi connectivity index (χ3v) is 1.53. The zero-order valence-corrected chi connectivity index (χ0v) is 7.78. The third-order valence-electron chi connectivity index (χ3n) is 1.53. The van der Waals surface area contributed by atoms with Crippen LogP contribution in [0.5, 0.6) is 5.75 Å². The van der Waals surface area contributed by atoms with E-state index in [0.717, 1.165) is 0 Å². The van der Waals surface area contributed by atoms with Crippen LogP contribution in [-0.2, 0) is 0 Å². The molecule has 0 saturated carbocycles. The van der Waals surface area contributed by atoms with Crippen molar-refractivity contribution in [1.29, 1.82) is 0 Å². The molecular formula is C7H3F3N2O5. The number of hydrogen-bond acceptors (Lipinski definition) is 5. The number of carbonyl (C=O) groups is 1. The number of H-pyrrole nitrogens is 1. The van der Waals surface area contributed by atoms with Crippen molar-refractivity contribution < 1.29 is 27.6 Å². The monoisotopic (exact) mass is 252 g/mol. The molecule has 0 unspecified atom stereocenters. The van der Waals surface area contributed by atoms with E-state index in [4.69, 9.17) is 0 Å². The van der Waals surface area contributed by atoms with Crippen LogP contribution in [0.25, 0.3) is 0 Å². The number of pyridine rings is 1. The molecule has 0 aliphatic carbocycles. The van der Waals surface area contributed by atoms with Crippen LogP contribution in [0.15, 0.2) is 10.9 Å². The molecule has 0 aromatic carbocycles. The van der Waals surface area contributed by atoms with Crippen LogP contribution in [0.3, 0.4) is 0 Å². The molecule has 0 spiro atoms. The van der Waals surface area contributed by atoms with Gasteiger partial charge in [0, 0.05) is 6.07 Å². The molecule has 0 radical (unpaired) electrons. The second-order valence-corrected chi connectivity index (χ2v) is 2.69. The molecule has 0 saturated heterocycles. The van der Waals surface area contributed by atoms with Crippen molar-refractivity contribution in [2.24, 2.45) is 0 Å². The Morgan fingerprint density at radius 3 is 2.47 bits per heavy atom. The minimum Gasteiger partial charge on any atom is -0.398 e. The zero-order chi connectivity index (χ0) is 13.2. The van der Waals surface area contributed by atoms with E-state index in [1.54, 1.807) is 4.98 Å². The molecule has 0 aliphatic heterocycles. The van der Waals surface area contributed by atoms with E-state index in [2.05, 4.69) is 4.74 Å². The second kappa shape index (κ2) is 4.23. The number of ether oxygens (including phenoxy) is 1. The molecule has 1 heterocycles. The first kappa shape index (κ1) is 12.7. The lowest BCUT2D eigenvalue weighted by atomic mass is 10.3. The summed E-state index contributed by atoms with van der Waals surface area (Å²) in [6, 6.07) is 0.417. The van der Waals surface area contributed by atoms with Crippen LogP contribution in [0, 0.1) is 10.1 Å². The first-order valence-corrected chi connectivity index (χ1v) is 3.87. The Hall–Kier alpha value is -2.39. The molecule has 7 nitrogen and oxygen atoms in total. The Morgan fingerprint density at radius 2 is 2.06 bits per heavy atom. The smallest absolute Gasteiger partial charge is 0.398 e. The number of nitrogens with zero attached hydrogens (tertiary/aromatic N) is 1. The van der Waals surface area contributed by atoms with Crippen molar-refractivity contribution in [3.63, 3.8) is 0 Å². The van der Waals surface area contributed by atoms with Crippen LogP contribution in [-0.4, -0.2) is 22.6 Å². The summed E-state index contributed by atoms with van der Waals surface area (Å²) in [5.74, 6) is -1.34. The number of hydrogen-bond donors (Lipinski definition) is 1. The van der Waals surface area contributed by atoms with Gasteiger partial charge in [-0.25, -0.2) is 0 Å². The van der Waals surface area contributed by atoms with Crippen molar-refractivity contribution in [3.8, 4) is 5.75 Å². The molecule has 0 fully saturated rings. The maximum Gasteiger partial charge on any atom is 0.573 e. The zero-order valence-electron chi connectivity index (χ0n) is 7.78. The first-order chi connectivity index (χ1) is 7.74. The average Bonchev–Trinajstić information content (AvgIpc) is 2.13. The highest BCUT2D eigenvalue weighted by Gasteiger charge is 2.36. The van der Waals surface area contributed by atoms with E-state index in [0.29, 0.717) is 6.07 Å². The van der Waals surface area contributed by atoms with E-state index in [9.17, 15) is 32.9 Å². The van der Waals surface area contributed by atoms with Gasteiger partial charge >= 0.3 is 17.6 Å². The number of nitrogens with one attached hydrogen (secondary N) is 1. The second-order valence-electron chi connectivity index (χ2n) is 2.69. The summed E-state index contributed by atoms with van der Waals surface area (Å²) in [5, 5.41) is 10.4. The number of aromatic amines is 1. The van der Waals surface area contributed by atoms with Crippen molar-refractivity contribution in [1.82, 2.24) is 4.98 Å². The van der Waals surface area contributed by atoms with Gasteiger partial charge in [-0.3, -0.25) is 19.7 Å². The van der Waals surface area contributed by atoms with Crippen LogP contribution in [0.2, 0.25) is 0 Å². The Labute approximate surface area is 90.0 Å². The van der Waals surface area contributed by atoms with Crippen molar-refractivity contribution in [2.45, 2.75) is 6.36 Å². The minimum atomic E-state index is -5.21. The van der Waals surface area contributed by atoms with Gasteiger partial charge < -0.3 is 9.72 Å². The number of halogens is 3. The van der Waals surface area contributed by atoms with Gasteiger partial charge in [-0.15, -0.1) is 13.2 Å². The van der Waals surface area contributed by atoms with Gasteiger partial charge in [0.2, 0.25) is 5.75 Å². The lowest BCUT2D eigenvalue weighted by Gasteiger charge is -2.08. The lowest BCUT2D eigenvalue weighted by molar-refractivity contribution is -0.390. The fourth-order valence-corrected chi connectivity index (χ4v) is 0.987. The Balaban J connectivity index is 3.43. The predicted molar refractivity (Wildman–Crippen MR) is 45.8 cm³/mol. The molecule has 1 rings (SSSR count). The standard InChI is InChI=1S/C7H3F3N2O5/c8-7(9,10)17-4-1-3(2-13)11-6(14)5(4)12(15)16/h1-2H,(H,11,14). The van der Waals surface area contributed by atoms with Gasteiger partial charge in [0.15, 0.2) is 6.29 Å². The molecule has 92 valence electrons. The quantitative estimate of drug-likeness (QED) is 0.491. The molecule has 1 aromatic heterocycles. The minimum absolute atomic E-state index is 0.0222. The molecule has 17 heavy (non-hydrogen) atoms. The van der Waals surface area contributed by atoms with Crippen LogP contribution in [0.1, 0.15) is 10.5 Å². The highest BCUT2D eigenvalue weighted by Crippen LogP contribution is 2.28. The lowest BCUT2D eigenvalue weighted by Crippen LogP contribution is -2.22. The summed E-state index contributed by atoms with van der Waals surface area (Å²) in [4.78, 5) is 32.1. The fourth-order valence-electron chi connectivity index (χ4n) is 0.987. The highest BCUT2D eigenvalue weighted by molar-refractivity contribution is 5.73. The highest BCUT2D eigenvalue weighted by atomic mass is 19.4. The van der Waals surface area contributed by atoms with Crippen LogP contribution >= 0.6 is 0 Å². The molecule has 0 amide bonds. The van der Waals surface area contributed by atoms with Crippen LogP contribution in [0.4, 0.5) is 18.9 Å². The van der Waals surface area contributed by atoms with Crippen LogP contribution < -0.4 is 10.3 Å². The third kappa shape index (κ3) is 3.03. The van der Waals surface area contributed by atoms with Gasteiger partial charge in [-0.1, -0.05) is 0 Å².